The molecule has 1 atom stereocenters. The standard InChI is InChI=1S/C20H18BrNO4S/c1-25-16-4-2-3-14(11-16)12-22-20(23)19-10-7-17(26-19)13-27(24)18-8-5-15(21)6-9-18/h2-11H,12-13H2,1H3,(H,22,23). The number of furan rings is 1. The average molecular weight is 448 g/mol. The monoisotopic (exact) mass is 447 g/mol. The molecule has 5 nitrogen and oxygen atoms in total. The van der Waals surface area contributed by atoms with Crippen LogP contribution in [0.15, 0.2) is 74.4 Å². The highest BCUT2D eigenvalue weighted by Gasteiger charge is 2.13. The minimum atomic E-state index is -1.24. The van der Waals surface area contributed by atoms with Crippen LogP contribution in [0.4, 0.5) is 0 Å². The number of ether oxygens (including phenoxy) is 1. The summed E-state index contributed by atoms with van der Waals surface area (Å²) in [6, 6.07) is 18.0. The Morgan fingerprint density at radius 2 is 1.93 bits per heavy atom. The SMILES string of the molecule is COc1cccc(CNC(=O)c2ccc(CS(=O)c3ccc(Br)cc3)o2)c1. The molecule has 7 heteroatoms. The molecule has 0 radical (unpaired) electrons. The molecule has 27 heavy (non-hydrogen) atoms. The summed E-state index contributed by atoms with van der Waals surface area (Å²) in [4.78, 5) is 13.0. The van der Waals surface area contributed by atoms with Gasteiger partial charge in [0.1, 0.15) is 11.5 Å². The largest absolute Gasteiger partial charge is 0.497 e. The summed E-state index contributed by atoms with van der Waals surface area (Å²) >= 11 is 3.35. The van der Waals surface area contributed by atoms with Gasteiger partial charge in [0.2, 0.25) is 0 Å². The Balaban J connectivity index is 1.58. The summed E-state index contributed by atoms with van der Waals surface area (Å²) in [5.41, 5.74) is 0.922. The van der Waals surface area contributed by atoms with Crippen molar-refractivity contribution in [2.75, 3.05) is 7.11 Å². The lowest BCUT2D eigenvalue weighted by Gasteiger charge is -2.05. The van der Waals surface area contributed by atoms with Crippen LogP contribution in [0.3, 0.4) is 0 Å². The first-order valence-electron chi connectivity index (χ1n) is 8.19. The van der Waals surface area contributed by atoms with E-state index in [0.29, 0.717) is 17.2 Å². The molecule has 0 saturated carbocycles. The molecule has 140 valence electrons. The number of methoxy groups -OCH3 is 1. The first kappa shape index (κ1) is 19.4. The van der Waals surface area contributed by atoms with Crippen molar-refractivity contribution in [3.63, 3.8) is 0 Å². The third-order valence-corrected chi connectivity index (χ3v) is 5.70. The minimum absolute atomic E-state index is 0.195. The molecule has 0 aliphatic heterocycles. The topological polar surface area (TPSA) is 68.5 Å². The van der Waals surface area contributed by atoms with Crippen LogP contribution in [0, 0.1) is 0 Å². The van der Waals surface area contributed by atoms with Crippen molar-refractivity contribution in [1.29, 1.82) is 0 Å². The maximum Gasteiger partial charge on any atom is 0.287 e. The number of hydrogen-bond donors (Lipinski definition) is 1. The maximum atomic E-state index is 12.4. The highest BCUT2D eigenvalue weighted by Crippen LogP contribution is 2.18. The normalized spacial score (nSPS) is 11.8. The van der Waals surface area contributed by atoms with Crippen molar-refractivity contribution in [2.24, 2.45) is 0 Å². The van der Waals surface area contributed by atoms with Crippen molar-refractivity contribution in [1.82, 2.24) is 5.32 Å². The molecule has 1 N–H and O–H groups in total. The molecule has 2 aromatic carbocycles. The molecule has 0 aliphatic rings. The van der Waals surface area contributed by atoms with Gasteiger partial charge in [0, 0.05) is 15.9 Å². The van der Waals surface area contributed by atoms with Crippen LogP contribution in [-0.2, 0) is 23.1 Å². The first-order chi connectivity index (χ1) is 13.0. The molecule has 0 aliphatic carbocycles. The first-order valence-corrected chi connectivity index (χ1v) is 10.3. The van der Waals surface area contributed by atoms with Crippen LogP contribution in [0.25, 0.3) is 0 Å². The fourth-order valence-electron chi connectivity index (χ4n) is 2.43. The minimum Gasteiger partial charge on any atom is -0.497 e. The zero-order valence-corrected chi connectivity index (χ0v) is 17.0. The second-order valence-corrected chi connectivity index (χ2v) is 8.11. The number of carbonyl (C=O) groups excluding carboxylic acids is 1. The summed E-state index contributed by atoms with van der Waals surface area (Å²) in [5.74, 6) is 1.32. The van der Waals surface area contributed by atoms with Crippen LogP contribution in [0.5, 0.6) is 5.75 Å². The van der Waals surface area contributed by atoms with Gasteiger partial charge in [0.15, 0.2) is 5.76 Å². The van der Waals surface area contributed by atoms with Crippen molar-refractivity contribution >= 4 is 32.6 Å². The lowest BCUT2D eigenvalue weighted by atomic mass is 10.2. The van der Waals surface area contributed by atoms with E-state index >= 15 is 0 Å². The second kappa shape index (κ2) is 9.01. The van der Waals surface area contributed by atoms with Crippen LogP contribution < -0.4 is 10.1 Å². The summed E-state index contributed by atoms with van der Waals surface area (Å²) in [7, 11) is 0.358. The summed E-state index contributed by atoms with van der Waals surface area (Å²) in [6.45, 7) is 0.358. The predicted octanol–water partition coefficient (Wildman–Crippen LogP) is 4.29. The van der Waals surface area contributed by atoms with Gasteiger partial charge in [-0.3, -0.25) is 9.00 Å². The van der Waals surface area contributed by atoms with E-state index in [9.17, 15) is 9.00 Å². The Kier molecular flexibility index (Phi) is 6.47. The summed E-state index contributed by atoms with van der Waals surface area (Å²) in [5, 5.41) is 2.80. The van der Waals surface area contributed by atoms with Gasteiger partial charge in [0.05, 0.1) is 23.7 Å². The fourth-order valence-corrected chi connectivity index (χ4v) is 3.71. The average Bonchev–Trinajstić information content (AvgIpc) is 3.15. The van der Waals surface area contributed by atoms with Gasteiger partial charge >= 0.3 is 0 Å². The van der Waals surface area contributed by atoms with E-state index in [2.05, 4.69) is 21.2 Å². The van der Waals surface area contributed by atoms with Gasteiger partial charge in [-0.25, -0.2) is 0 Å². The highest BCUT2D eigenvalue weighted by atomic mass is 79.9. The van der Waals surface area contributed by atoms with Crippen LogP contribution >= 0.6 is 15.9 Å². The van der Waals surface area contributed by atoms with E-state index in [1.807, 2.05) is 36.4 Å². The quantitative estimate of drug-likeness (QED) is 0.586. The van der Waals surface area contributed by atoms with Crippen LogP contribution in [-0.4, -0.2) is 17.2 Å². The molecule has 0 spiro atoms. The van der Waals surface area contributed by atoms with Gasteiger partial charge < -0.3 is 14.5 Å². The number of halogens is 1. The third-order valence-electron chi connectivity index (χ3n) is 3.82. The van der Waals surface area contributed by atoms with Gasteiger partial charge in [-0.1, -0.05) is 28.1 Å². The van der Waals surface area contributed by atoms with E-state index in [1.165, 1.54) is 0 Å². The van der Waals surface area contributed by atoms with E-state index in [4.69, 9.17) is 9.15 Å². The molecule has 1 heterocycles. The molecular weight excluding hydrogens is 430 g/mol. The number of rotatable bonds is 7. The number of carbonyl (C=O) groups is 1. The van der Waals surface area contributed by atoms with Gasteiger partial charge in [-0.15, -0.1) is 0 Å². The van der Waals surface area contributed by atoms with Gasteiger partial charge in [0.25, 0.3) is 5.91 Å². The molecule has 3 aromatic rings. The number of amides is 1. The molecule has 0 bridgehead atoms. The van der Waals surface area contributed by atoms with E-state index in [-0.39, 0.29) is 17.4 Å². The van der Waals surface area contributed by atoms with Crippen molar-refractivity contribution in [3.8, 4) is 5.75 Å². The van der Waals surface area contributed by atoms with Crippen molar-refractivity contribution in [3.05, 3.63) is 82.2 Å². The Morgan fingerprint density at radius 3 is 2.67 bits per heavy atom. The van der Waals surface area contributed by atoms with Crippen LogP contribution in [0.2, 0.25) is 0 Å². The molecule has 1 aromatic heterocycles. The Morgan fingerprint density at radius 1 is 1.15 bits per heavy atom. The summed E-state index contributed by atoms with van der Waals surface area (Å²) < 4.78 is 24.0. The number of nitrogens with one attached hydrogen (secondary N) is 1. The third kappa shape index (κ3) is 5.30. The van der Waals surface area contributed by atoms with Crippen LogP contribution in [0.1, 0.15) is 21.9 Å². The maximum absolute atomic E-state index is 12.4. The van der Waals surface area contributed by atoms with Gasteiger partial charge in [-0.05, 0) is 54.1 Å². The lowest BCUT2D eigenvalue weighted by Crippen LogP contribution is -2.22. The van der Waals surface area contributed by atoms with E-state index in [1.54, 1.807) is 31.4 Å². The molecular formula is C20H18BrNO4S. The Hall–Kier alpha value is -2.38. The zero-order valence-electron chi connectivity index (χ0n) is 14.6. The second-order valence-electron chi connectivity index (χ2n) is 5.74. The molecule has 1 amide bonds. The van der Waals surface area contributed by atoms with Crippen molar-refractivity contribution < 1.29 is 18.2 Å². The summed E-state index contributed by atoms with van der Waals surface area (Å²) in [6.07, 6.45) is 0. The van der Waals surface area contributed by atoms with E-state index < -0.39 is 10.8 Å². The molecule has 0 saturated heterocycles. The van der Waals surface area contributed by atoms with E-state index in [0.717, 1.165) is 15.8 Å². The Bertz CT molecular complexity index is 953. The lowest BCUT2D eigenvalue weighted by molar-refractivity contribution is 0.0921. The highest BCUT2D eigenvalue weighted by molar-refractivity contribution is 9.10. The molecule has 3 rings (SSSR count). The number of hydrogen-bond acceptors (Lipinski definition) is 4. The predicted molar refractivity (Wildman–Crippen MR) is 107 cm³/mol. The van der Waals surface area contributed by atoms with Crippen molar-refractivity contribution in [2.45, 2.75) is 17.2 Å². The Labute approximate surface area is 168 Å². The zero-order chi connectivity index (χ0) is 19.2. The van der Waals surface area contributed by atoms with Gasteiger partial charge in [-0.2, -0.15) is 0 Å². The smallest absolute Gasteiger partial charge is 0.287 e. The fraction of sp³-hybridized carbons (Fsp3) is 0.150. The molecule has 0 fully saturated rings. The number of benzene rings is 2. The molecule has 1 unspecified atom stereocenters.